The number of anilines is 1. The number of hydrogen-bond acceptors (Lipinski definition) is 5. The minimum absolute atomic E-state index is 0.207. The lowest BCUT2D eigenvalue weighted by atomic mass is 10.0. The van der Waals surface area contributed by atoms with Crippen molar-refractivity contribution in [3.63, 3.8) is 0 Å². The molecule has 1 N–H and O–H groups in total. The van der Waals surface area contributed by atoms with Crippen LogP contribution in [0.4, 0.5) is 5.13 Å². The molecule has 0 amide bonds. The van der Waals surface area contributed by atoms with Gasteiger partial charge >= 0.3 is 0 Å². The van der Waals surface area contributed by atoms with Gasteiger partial charge in [0.2, 0.25) is 0 Å². The molecule has 2 aromatic carbocycles. The zero-order valence-electron chi connectivity index (χ0n) is 18.2. The highest BCUT2D eigenvalue weighted by Crippen LogP contribution is 2.39. The van der Waals surface area contributed by atoms with Gasteiger partial charge in [-0.25, -0.2) is 4.98 Å². The van der Waals surface area contributed by atoms with Crippen molar-refractivity contribution in [1.82, 2.24) is 4.98 Å². The van der Waals surface area contributed by atoms with Gasteiger partial charge in [-0.2, -0.15) is 0 Å². The lowest BCUT2D eigenvalue weighted by molar-refractivity contribution is 0.185. The highest BCUT2D eigenvalue weighted by Gasteiger charge is 2.18. The molecule has 4 nitrogen and oxygen atoms in total. The summed E-state index contributed by atoms with van der Waals surface area (Å²) < 4.78 is 10.6. The lowest BCUT2D eigenvalue weighted by Crippen LogP contribution is -2.10. The quantitative estimate of drug-likeness (QED) is 0.379. The largest absolute Gasteiger partial charge is 0.496 e. The normalized spacial score (nSPS) is 12.1. The van der Waals surface area contributed by atoms with E-state index >= 15 is 0 Å². The average molecular weight is 445 g/mol. The highest BCUT2D eigenvalue weighted by atomic mass is 35.5. The van der Waals surface area contributed by atoms with Crippen LogP contribution in [0.3, 0.4) is 0 Å². The molecule has 30 heavy (non-hydrogen) atoms. The first-order valence-electron chi connectivity index (χ1n) is 10.1. The number of aromatic nitrogens is 1. The van der Waals surface area contributed by atoms with Crippen LogP contribution in [0.15, 0.2) is 36.4 Å². The highest BCUT2D eigenvalue weighted by molar-refractivity contribution is 7.16. The van der Waals surface area contributed by atoms with Crippen molar-refractivity contribution < 1.29 is 9.47 Å². The fraction of sp³-hybridized carbons (Fsp3) is 0.375. The molecule has 6 heteroatoms. The van der Waals surface area contributed by atoms with E-state index in [4.69, 9.17) is 26.1 Å². The van der Waals surface area contributed by atoms with Crippen LogP contribution in [0.25, 0.3) is 11.3 Å². The topological polar surface area (TPSA) is 43.4 Å². The van der Waals surface area contributed by atoms with Crippen LogP contribution < -0.4 is 10.1 Å². The molecule has 1 aromatic heterocycles. The number of hydrogen-bond donors (Lipinski definition) is 1. The minimum Gasteiger partial charge on any atom is -0.496 e. The van der Waals surface area contributed by atoms with Crippen molar-refractivity contribution in [2.45, 2.75) is 46.3 Å². The molecule has 0 aliphatic rings. The third-order valence-electron chi connectivity index (χ3n) is 5.10. The molecule has 0 fully saturated rings. The van der Waals surface area contributed by atoms with E-state index in [1.807, 2.05) is 19.1 Å². The Morgan fingerprint density at radius 3 is 2.50 bits per heavy atom. The Morgan fingerprint density at radius 1 is 1.13 bits per heavy atom. The first-order chi connectivity index (χ1) is 14.5. The van der Waals surface area contributed by atoms with Crippen molar-refractivity contribution in [2.24, 2.45) is 0 Å². The first-order valence-corrected chi connectivity index (χ1v) is 11.3. The zero-order valence-corrected chi connectivity index (χ0v) is 19.8. The van der Waals surface area contributed by atoms with Crippen molar-refractivity contribution >= 4 is 28.1 Å². The molecule has 0 radical (unpaired) electrons. The molecular weight excluding hydrogens is 416 g/mol. The van der Waals surface area contributed by atoms with Crippen molar-refractivity contribution in [3.8, 4) is 17.0 Å². The fourth-order valence-corrected chi connectivity index (χ4v) is 4.67. The molecule has 3 aromatic rings. The second-order valence-electron chi connectivity index (χ2n) is 7.39. The maximum Gasteiger partial charge on any atom is 0.183 e. The predicted octanol–water partition coefficient (Wildman–Crippen LogP) is 7.19. The van der Waals surface area contributed by atoms with Crippen molar-refractivity contribution in [2.75, 3.05) is 19.5 Å². The summed E-state index contributed by atoms with van der Waals surface area (Å²) in [5.74, 6) is 0.787. The molecule has 1 heterocycles. The predicted molar refractivity (Wildman–Crippen MR) is 127 cm³/mol. The van der Waals surface area contributed by atoms with Crippen LogP contribution in [0, 0.1) is 13.8 Å². The molecular formula is C24H29ClN2O2S. The zero-order chi connectivity index (χ0) is 21.7. The molecule has 3 rings (SSSR count). The maximum absolute atomic E-state index is 6.54. The summed E-state index contributed by atoms with van der Waals surface area (Å²) >= 11 is 8.20. The SMILES string of the molecule is CCCC(Nc1nc(-c2cc(C)c(OC)cc2Cl)c(C)s1)c1ccc(COC)cc1. The molecule has 0 aliphatic carbocycles. The molecule has 0 saturated carbocycles. The van der Waals surface area contributed by atoms with Gasteiger partial charge in [0.1, 0.15) is 5.75 Å². The van der Waals surface area contributed by atoms with Crippen molar-refractivity contribution in [3.05, 3.63) is 63.0 Å². The third-order valence-corrected chi connectivity index (χ3v) is 6.32. The molecule has 0 bridgehead atoms. The van der Waals surface area contributed by atoms with E-state index in [-0.39, 0.29) is 6.04 Å². The summed E-state index contributed by atoms with van der Waals surface area (Å²) in [6.45, 7) is 6.93. The Hall–Kier alpha value is -2.08. The molecule has 0 spiro atoms. The molecule has 1 atom stereocenters. The van der Waals surface area contributed by atoms with Crippen LogP contribution in [0.2, 0.25) is 5.02 Å². The third kappa shape index (κ3) is 5.15. The number of benzene rings is 2. The van der Waals surface area contributed by atoms with Gasteiger partial charge in [-0.15, -0.1) is 11.3 Å². The molecule has 1 unspecified atom stereocenters. The number of aryl methyl sites for hydroxylation is 2. The van der Waals surface area contributed by atoms with Crippen LogP contribution >= 0.6 is 22.9 Å². The first kappa shape index (κ1) is 22.6. The van der Waals surface area contributed by atoms with Gasteiger partial charge in [0.05, 0.1) is 30.5 Å². The number of nitrogens with one attached hydrogen (secondary N) is 1. The minimum atomic E-state index is 0.207. The van der Waals surface area contributed by atoms with E-state index in [0.29, 0.717) is 11.6 Å². The second-order valence-corrected chi connectivity index (χ2v) is 9.00. The van der Waals surface area contributed by atoms with E-state index in [9.17, 15) is 0 Å². The van der Waals surface area contributed by atoms with Gasteiger partial charge in [-0.05, 0) is 49.1 Å². The monoisotopic (exact) mass is 444 g/mol. The van der Waals surface area contributed by atoms with Crippen LogP contribution in [-0.4, -0.2) is 19.2 Å². The fourth-order valence-electron chi connectivity index (χ4n) is 3.55. The smallest absolute Gasteiger partial charge is 0.183 e. The summed E-state index contributed by atoms with van der Waals surface area (Å²) in [4.78, 5) is 6.03. The maximum atomic E-state index is 6.54. The Bertz CT molecular complexity index is 986. The van der Waals surface area contributed by atoms with Gasteiger partial charge in [0.25, 0.3) is 0 Å². The van der Waals surface area contributed by atoms with Gasteiger partial charge in [-0.1, -0.05) is 49.2 Å². The average Bonchev–Trinajstić information content (AvgIpc) is 3.09. The van der Waals surface area contributed by atoms with E-state index in [1.165, 1.54) is 11.1 Å². The Morgan fingerprint density at radius 2 is 1.87 bits per heavy atom. The number of halogens is 1. The Balaban J connectivity index is 1.87. The molecule has 0 aliphatic heterocycles. The Labute approximate surface area is 188 Å². The van der Waals surface area contributed by atoms with E-state index in [1.54, 1.807) is 25.6 Å². The van der Waals surface area contributed by atoms with E-state index in [0.717, 1.165) is 45.4 Å². The molecule has 160 valence electrons. The van der Waals surface area contributed by atoms with Gasteiger partial charge in [0, 0.05) is 17.6 Å². The standard InChI is InChI=1S/C24H29ClN2O2S/c1-6-7-21(18-10-8-17(9-11-18)14-28-4)26-24-27-23(16(3)30-24)19-12-15(2)22(29-5)13-20(19)25/h8-13,21H,6-7,14H2,1-5H3,(H,26,27). The summed E-state index contributed by atoms with van der Waals surface area (Å²) in [5.41, 5.74) is 5.33. The van der Waals surface area contributed by atoms with Gasteiger partial charge < -0.3 is 14.8 Å². The van der Waals surface area contributed by atoms with Crippen molar-refractivity contribution in [1.29, 1.82) is 0 Å². The van der Waals surface area contributed by atoms with Crippen LogP contribution in [0.5, 0.6) is 5.75 Å². The number of ether oxygens (including phenoxy) is 2. The Kier molecular flexibility index (Phi) is 7.75. The summed E-state index contributed by atoms with van der Waals surface area (Å²) in [5, 5.41) is 5.20. The summed E-state index contributed by atoms with van der Waals surface area (Å²) in [6, 6.07) is 12.7. The van der Waals surface area contributed by atoms with Crippen LogP contribution in [0.1, 0.15) is 47.4 Å². The van der Waals surface area contributed by atoms with Gasteiger partial charge in [-0.3, -0.25) is 0 Å². The van der Waals surface area contributed by atoms with E-state index < -0.39 is 0 Å². The van der Waals surface area contributed by atoms with Gasteiger partial charge in [0.15, 0.2) is 5.13 Å². The summed E-state index contributed by atoms with van der Waals surface area (Å²) in [7, 11) is 3.37. The van der Waals surface area contributed by atoms with Crippen LogP contribution in [-0.2, 0) is 11.3 Å². The lowest BCUT2D eigenvalue weighted by Gasteiger charge is -2.18. The summed E-state index contributed by atoms with van der Waals surface area (Å²) in [6.07, 6.45) is 2.11. The van der Waals surface area contributed by atoms with E-state index in [2.05, 4.69) is 43.4 Å². The number of thiazole rings is 1. The number of methoxy groups -OCH3 is 2. The number of nitrogens with zero attached hydrogens (tertiary/aromatic N) is 1. The number of rotatable bonds is 9. The second kappa shape index (κ2) is 10.3. The molecule has 0 saturated heterocycles.